The minimum atomic E-state index is 0.0101. The number of hydrogen-bond acceptors (Lipinski definition) is 3. The van der Waals surface area contributed by atoms with Gasteiger partial charge in [-0.05, 0) is 30.3 Å². The molecule has 3 nitrogen and oxygen atoms in total. The molecule has 0 fully saturated rings. The Labute approximate surface area is 151 Å². The molecule has 0 aliphatic rings. The maximum Gasteiger partial charge on any atom is 0.193 e. The Morgan fingerprint density at radius 2 is 1.54 bits per heavy atom. The minimum absolute atomic E-state index is 0.0101. The highest BCUT2D eigenvalue weighted by atomic mass is 16.1. The second-order valence-electron chi connectivity index (χ2n) is 5.79. The number of fused-ring (bicyclic) bond motifs is 1. The summed E-state index contributed by atoms with van der Waals surface area (Å²) in [6.45, 7) is 0. The molecule has 3 aromatic carbocycles. The molecular formula is C23H14N2O. The van der Waals surface area contributed by atoms with Gasteiger partial charge in [-0.2, -0.15) is 0 Å². The Morgan fingerprint density at radius 3 is 2.35 bits per heavy atom. The van der Waals surface area contributed by atoms with Gasteiger partial charge in [0.1, 0.15) is 6.33 Å². The van der Waals surface area contributed by atoms with E-state index in [0.29, 0.717) is 11.1 Å². The third-order valence-electron chi connectivity index (χ3n) is 4.06. The smallest absolute Gasteiger partial charge is 0.193 e. The van der Waals surface area contributed by atoms with E-state index in [1.165, 1.54) is 6.33 Å². The molecule has 26 heavy (non-hydrogen) atoms. The van der Waals surface area contributed by atoms with Crippen LogP contribution < -0.4 is 0 Å². The van der Waals surface area contributed by atoms with E-state index in [4.69, 9.17) is 0 Å². The number of nitrogens with zero attached hydrogens (tertiary/aromatic N) is 2. The van der Waals surface area contributed by atoms with Crippen LogP contribution in [0, 0.1) is 11.8 Å². The lowest BCUT2D eigenvalue weighted by Crippen LogP contribution is -2.00. The fraction of sp³-hybridized carbons (Fsp3) is 0. The molecule has 4 rings (SSSR count). The van der Waals surface area contributed by atoms with E-state index < -0.39 is 0 Å². The van der Waals surface area contributed by atoms with Gasteiger partial charge in [0.25, 0.3) is 0 Å². The Morgan fingerprint density at radius 1 is 0.769 bits per heavy atom. The number of carbonyl (C=O) groups excluding carboxylic acids is 1. The summed E-state index contributed by atoms with van der Waals surface area (Å²) in [4.78, 5) is 20.8. The first kappa shape index (κ1) is 15.7. The van der Waals surface area contributed by atoms with Gasteiger partial charge in [-0.3, -0.25) is 4.79 Å². The lowest BCUT2D eigenvalue weighted by molar-refractivity contribution is 0.103. The molecule has 1 heterocycles. The maximum absolute atomic E-state index is 12.4. The fourth-order valence-electron chi connectivity index (χ4n) is 2.72. The van der Waals surface area contributed by atoms with Crippen LogP contribution in [-0.4, -0.2) is 15.8 Å². The molecule has 4 aromatic rings. The summed E-state index contributed by atoms with van der Waals surface area (Å²) >= 11 is 0. The molecule has 0 unspecified atom stereocenters. The van der Waals surface area contributed by atoms with Crippen molar-refractivity contribution in [2.75, 3.05) is 0 Å². The Hall–Kier alpha value is -3.77. The van der Waals surface area contributed by atoms with Crippen LogP contribution in [0.2, 0.25) is 0 Å². The number of carbonyl (C=O) groups is 1. The van der Waals surface area contributed by atoms with E-state index in [2.05, 4.69) is 21.8 Å². The molecule has 0 saturated carbocycles. The van der Waals surface area contributed by atoms with Crippen LogP contribution in [0.25, 0.3) is 10.9 Å². The van der Waals surface area contributed by atoms with Gasteiger partial charge >= 0.3 is 0 Å². The van der Waals surface area contributed by atoms with Crippen molar-refractivity contribution in [3.63, 3.8) is 0 Å². The zero-order chi connectivity index (χ0) is 17.8. The first-order chi connectivity index (χ1) is 12.8. The van der Waals surface area contributed by atoms with Crippen molar-refractivity contribution in [2.45, 2.75) is 0 Å². The SMILES string of the molecule is O=C(c1ccccc1)c1ccc(C#Cc2cccc3cncnc23)cc1. The summed E-state index contributed by atoms with van der Waals surface area (Å²) in [7, 11) is 0. The average Bonchev–Trinajstić information content (AvgIpc) is 2.73. The van der Waals surface area contributed by atoms with Gasteiger partial charge in [-0.1, -0.05) is 54.3 Å². The normalized spacial score (nSPS) is 10.2. The van der Waals surface area contributed by atoms with Crippen LogP contribution >= 0.6 is 0 Å². The average molecular weight is 334 g/mol. The van der Waals surface area contributed by atoms with Crippen molar-refractivity contribution in [1.82, 2.24) is 9.97 Å². The highest BCUT2D eigenvalue weighted by molar-refractivity contribution is 6.08. The lowest BCUT2D eigenvalue weighted by atomic mass is 10.0. The molecule has 122 valence electrons. The van der Waals surface area contributed by atoms with Crippen LogP contribution in [-0.2, 0) is 0 Å². The molecule has 0 N–H and O–H groups in total. The molecule has 1 aromatic heterocycles. The molecule has 0 radical (unpaired) electrons. The number of hydrogen-bond donors (Lipinski definition) is 0. The molecular weight excluding hydrogens is 320 g/mol. The molecule has 0 amide bonds. The van der Waals surface area contributed by atoms with E-state index in [9.17, 15) is 4.79 Å². The van der Waals surface area contributed by atoms with Gasteiger partial charge in [0.05, 0.1) is 11.1 Å². The number of aromatic nitrogens is 2. The van der Waals surface area contributed by atoms with Gasteiger partial charge in [0.2, 0.25) is 0 Å². The van der Waals surface area contributed by atoms with E-state index in [0.717, 1.165) is 22.0 Å². The van der Waals surface area contributed by atoms with E-state index in [1.54, 1.807) is 6.20 Å². The van der Waals surface area contributed by atoms with E-state index in [-0.39, 0.29) is 5.78 Å². The maximum atomic E-state index is 12.4. The first-order valence-electron chi connectivity index (χ1n) is 8.22. The Balaban J connectivity index is 1.61. The second kappa shape index (κ2) is 7.00. The Bertz CT molecular complexity index is 1130. The van der Waals surface area contributed by atoms with Crippen LogP contribution in [0.1, 0.15) is 27.0 Å². The van der Waals surface area contributed by atoms with Crippen LogP contribution in [0.4, 0.5) is 0 Å². The highest BCUT2D eigenvalue weighted by Gasteiger charge is 2.07. The van der Waals surface area contributed by atoms with Crippen molar-refractivity contribution in [3.05, 3.63) is 108 Å². The van der Waals surface area contributed by atoms with Crippen molar-refractivity contribution < 1.29 is 4.79 Å². The topological polar surface area (TPSA) is 42.9 Å². The third-order valence-corrected chi connectivity index (χ3v) is 4.06. The number of benzene rings is 3. The van der Waals surface area contributed by atoms with Crippen LogP contribution in [0.3, 0.4) is 0 Å². The summed E-state index contributed by atoms with van der Waals surface area (Å²) in [6, 6.07) is 22.4. The second-order valence-corrected chi connectivity index (χ2v) is 5.79. The highest BCUT2D eigenvalue weighted by Crippen LogP contribution is 2.14. The monoisotopic (exact) mass is 334 g/mol. The van der Waals surface area contributed by atoms with Crippen LogP contribution in [0.5, 0.6) is 0 Å². The van der Waals surface area contributed by atoms with Crippen molar-refractivity contribution >= 4 is 16.7 Å². The fourth-order valence-corrected chi connectivity index (χ4v) is 2.72. The zero-order valence-electron chi connectivity index (χ0n) is 13.9. The van der Waals surface area contributed by atoms with Gasteiger partial charge in [0.15, 0.2) is 5.78 Å². The first-order valence-corrected chi connectivity index (χ1v) is 8.22. The summed E-state index contributed by atoms with van der Waals surface area (Å²) < 4.78 is 0. The van der Waals surface area contributed by atoms with Crippen molar-refractivity contribution in [2.24, 2.45) is 0 Å². The molecule has 3 heteroatoms. The number of ketones is 1. The zero-order valence-corrected chi connectivity index (χ0v) is 13.9. The quantitative estimate of drug-likeness (QED) is 0.406. The lowest BCUT2D eigenvalue weighted by Gasteiger charge is -2.01. The molecule has 0 spiro atoms. The summed E-state index contributed by atoms with van der Waals surface area (Å²) in [6.07, 6.45) is 3.30. The molecule has 0 atom stereocenters. The van der Waals surface area contributed by atoms with Gasteiger partial charge < -0.3 is 0 Å². The van der Waals surface area contributed by atoms with E-state index >= 15 is 0 Å². The van der Waals surface area contributed by atoms with E-state index in [1.807, 2.05) is 72.8 Å². The predicted octanol–water partition coefficient (Wildman–Crippen LogP) is 4.26. The Kier molecular flexibility index (Phi) is 4.24. The standard InChI is InChI=1S/C23H14N2O/c26-23(19-5-2-1-3-6-19)20-13-10-17(11-14-20)9-12-18-7-4-8-21-15-24-16-25-22(18)21/h1-8,10-11,13-16H. The van der Waals surface area contributed by atoms with Crippen molar-refractivity contribution in [3.8, 4) is 11.8 Å². The van der Waals surface area contributed by atoms with Crippen LogP contribution in [0.15, 0.2) is 85.3 Å². The third kappa shape index (κ3) is 3.22. The summed E-state index contributed by atoms with van der Waals surface area (Å²) in [5.74, 6) is 6.31. The molecule has 0 aliphatic carbocycles. The minimum Gasteiger partial charge on any atom is -0.289 e. The molecule has 0 saturated heterocycles. The summed E-state index contributed by atoms with van der Waals surface area (Å²) in [5, 5.41) is 0.961. The number of para-hydroxylation sites is 1. The largest absolute Gasteiger partial charge is 0.289 e. The number of rotatable bonds is 2. The predicted molar refractivity (Wildman–Crippen MR) is 102 cm³/mol. The molecule has 0 bridgehead atoms. The summed E-state index contributed by atoms with van der Waals surface area (Å²) in [5.41, 5.74) is 3.88. The molecule has 0 aliphatic heterocycles. The van der Waals surface area contributed by atoms with Gasteiger partial charge in [-0.15, -0.1) is 0 Å². The van der Waals surface area contributed by atoms with Gasteiger partial charge in [-0.25, -0.2) is 9.97 Å². The van der Waals surface area contributed by atoms with Crippen molar-refractivity contribution in [1.29, 1.82) is 0 Å². The van der Waals surface area contributed by atoms with Gasteiger partial charge in [0, 0.05) is 28.3 Å².